The maximum absolute atomic E-state index is 8.87. The second-order valence-electron chi connectivity index (χ2n) is 5.32. The lowest BCUT2D eigenvalue weighted by atomic mass is 10.0. The largest absolute Gasteiger partial charge is 0.367 e. The fourth-order valence-corrected chi connectivity index (χ4v) is 2.99. The molecule has 108 valence electrons. The van der Waals surface area contributed by atoms with E-state index in [1.807, 2.05) is 0 Å². The van der Waals surface area contributed by atoms with E-state index in [1.165, 1.54) is 24.1 Å². The first kappa shape index (κ1) is 15.3. The third-order valence-electron chi connectivity index (χ3n) is 3.73. The zero-order chi connectivity index (χ0) is 14.5. The van der Waals surface area contributed by atoms with E-state index in [0.717, 1.165) is 17.6 Å². The fourth-order valence-electron chi connectivity index (χ4n) is 2.61. The third-order valence-corrected chi connectivity index (χ3v) is 4.22. The standard InChI is InChI=1S/C16H22BrN3/c1-3-19-12(2)15-11-13(17)5-8-16(15)20(10-4-9-18)14-6-7-14/h5,8,11-12,14,19H,3-4,6-7,10H2,1-2H3. The summed E-state index contributed by atoms with van der Waals surface area (Å²) in [5.41, 5.74) is 2.59. The van der Waals surface area contributed by atoms with E-state index in [-0.39, 0.29) is 0 Å². The smallest absolute Gasteiger partial charge is 0.0640 e. The molecule has 0 spiro atoms. The lowest BCUT2D eigenvalue weighted by Crippen LogP contribution is -2.29. The van der Waals surface area contributed by atoms with Crippen LogP contribution in [0.3, 0.4) is 0 Å². The van der Waals surface area contributed by atoms with Crippen molar-refractivity contribution in [2.45, 2.75) is 45.2 Å². The Labute approximate surface area is 130 Å². The quantitative estimate of drug-likeness (QED) is 0.818. The van der Waals surface area contributed by atoms with Gasteiger partial charge in [0.05, 0.1) is 12.5 Å². The molecule has 1 saturated carbocycles. The first-order valence-corrected chi connectivity index (χ1v) is 8.13. The molecule has 1 aliphatic carbocycles. The molecule has 3 nitrogen and oxygen atoms in total. The molecule has 0 bridgehead atoms. The summed E-state index contributed by atoms with van der Waals surface area (Å²) >= 11 is 3.57. The van der Waals surface area contributed by atoms with Gasteiger partial charge in [-0.15, -0.1) is 0 Å². The van der Waals surface area contributed by atoms with Gasteiger partial charge in [0.25, 0.3) is 0 Å². The number of nitrogens with zero attached hydrogens (tertiary/aromatic N) is 2. The zero-order valence-corrected chi connectivity index (χ0v) is 13.8. The van der Waals surface area contributed by atoms with Crippen LogP contribution >= 0.6 is 15.9 Å². The van der Waals surface area contributed by atoms with Crippen LogP contribution in [0.25, 0.3) is 0 Å². The first-order chi connectivity index (χ1) is 9.67. The maximum Gasteiger partial charge on any atom is 0.0640 e. The molecule has 0 aromatic heterocycles. The number of anilines is 1. The van der Waals surface area contributed by atoms with Crippen LogP contribution in [-0.4, -0.2) is 19.1 Å². The van der Waals surface area contributed by atoms with Gasteiger partial charge in [-0.3, -0.25) is 0 Å². The van der Waals surface area contributed by atoms with E-state index >= 15 is 0 Å². The molecule has 0 saturated heterocycles. The van der Waals surface area contributed by atoms with Crippen LogP contribution in [0.2, 0.25) is 0 Å². The molecule has 1 aromatic rings. The number of hydrogen-bond acceptors (Lipinski definition) is 3. The van der Waals surface area contributed by atoms with Crippen molar-refractivity contribution < 1.29 is 0 Å². The summed E-state index contributed by atoms with van der Waals surface area (Å²) in [6.45, 7) is 6.11. The van der Waals surface area contributed by atoms with Crippen molar-refractivity contribution in [3.63, 3.8) is 0 Å². The van der Waals surface area contributed by atoms with Crippen LogP contribution in [0.4, 0.5) is 5.69 Å². The summed E-state index contributed by atoms with van der Waals surface area (Å²) in [6.07, 6.45) is 3.08. The molecule has 4 heteroatoms. The van der Waals surface area contributed by atoms with Crippen molar-refractivity contribution in [2.24, 2.45) is 0 Å². The highest BCUT2D eigenvalue weighted by Gasteiger charge is 2.30. The van der Waals surface area contributed by atoms with Crippen molar-refractivity contribution in [1.82, 2.24) is 5.32 Å². The molecule has 0 amide bonds. The second-order valence-corrected chi connectivity index (χ2v) is 6.23. The molecule has 0 radical (unpaired) electrons. The zero-order valence-electron chi connectivity index (χ0n) is 12.2. The van der Waals surface area contributed by atoms with Gasteiger partial charge in [-0.05, 0) is 50.1 Å². The van der Waals surface area contributed by atoms with Gasteiger partial charge in [0, 0.05) is 28.8 Å². The van der Waals surface area contributed by atoms with Crippen LogP contribution in [0, 0.1) is 11.3 Å². The third kappa shape index (κ3) is 3.74. The van der Waals surface area contributed by atoms with E-state index < -0.39 is 0 Å². The highest BCUT2D eigenvalue weighted by atomic mass is 79.9. The Morgan fingerprint density at radius 1 is 1.50 bits per heavy atom. The molecular weight excluding hydrogens is 314 g/mol. The number of nitriles is 1. The van der Waals surface area contributed by atoms with E-state index in [9.17, 15) is 0 Å². The van der Waals surface area contributed by atoms with E-state index in [4.69, 9.17) is 5.26 Å². The van der Waals surface area contributed by atoms with E-state index in [1.54, 1.807) is 0 Å². The van der Waals surface area contributed by atoms with Crippen molar-refractivity contribution in [3.05, 3.63) is 28.2 Å². The summed E-state index contributed by atoms with van der Waals surface area (Å²) in [5, 5.41) is 12.4. The van der Waals surface area contributed by atoms with Gasteiger partial charge in [-0.2, -0.15) is 5.26 Å². The Hall–Kier alpha value is -1.05. The average Bonchev–Trinajstić information content (AvgIpc) is 3.25. The molecule has 20 heavy (non-hydrogen) atoms. The summed E-state index contributed by atoms with van der Waals surface area (Å²) in [7, 11) is 0. The Morgan fingerprint density at radius 2 is 2.25 bits per heavy atom. The Balaban J connectivity index is 2.30. The molecule has 1 fully saturated rings. The fraction of sp³-hybridized carbons (Fsp3) is 0.562. The van der Waals surface area contributed by atoms with Gasteiger partial charge in [0.15, 0.2) is 0 Å². The lowest BCUT2D eigenvalue weighted by molar-refractivity contribution is 0.594. The number of nitrogens with one attached hydrogen (secondary N) is 1. The number of hydrogen-bond donors (Lipinski definition) is 1. The second kappa shape index (κ2) is 7.10. The molecule has 0 heterocycles. The summed E-state index contributed by atoms with van der Waals surface area (Å²) in [5.74, 6) is 0. The summed E-state index contributed by atoms with van der Waals surface area (Å²) in [4.78, 5) is 2.42. The summed E-state index contributed by atoms with van der Waals surface area (Å²) < 4.78 is 1.11. The Morgan fingerprint density at radius 3 is 2.85 bits per heavy atom. The highest BCUT2D eigenvalue weighted by Crippen LogP contribution is 2.37. The molecular formula is C16H22BrN3. The molecule has 1 atom stereocenters. The van der Waals surface area contributed by atoms with Crippen molar-refractivity contribution >= 4 is 21.6 Å². The van der Waals surface area contributed by atoms with Gasteiger partial charge in [-0.1, -0.05) is 22.9 Å². The monoisotopic (exact) mass is 335 g/mol. The number of benzene rings is 1. The predicted molar refractivity (Wildman–Crippen MR) is 86.8 cm³/mol. The van der Waals surface area contributed by atoms with Crippen molar-refractivity contribution in [3.8, 4) is 6.07 Å². The van der Waals surface area contributed by atoms with Gasteiger partial charge in [0.2, 0.25) is 0 Å². The van der Waals surface area contributed by atoms with Crippen LogP contribution in [0.1, 0.15) is 44.7 Å². The average molecular weight is 336 g/mol. The highest BCUT2D eigenvalue weighted by molar-refractivity contribution is 9.10. The molecule has 1 aromatic carbocycles. The van der Waals surface area contributed by atoms with Crippen molar-refractivity contribution in [2.75, 3.05) is 18.0 Å². The van der Waals surface area contributed by atoms with E-state index in [0.29, 0.717) is 18.5 Å². The van der Waals surface area contributed by atoms with Crippen LogP contribution in [0.15, 0.2) is 22.7 Å². The number of halogens is 1. The molecule has 1 unspecified atom stereocenters. The van der Waals surface area contributed by atoms with E-state index in [2.05, 4.69) is 64.3 Å². The predicted octanol–water partition coefficient (Wildman–Crippen LogP) is 4.00. The Kier molecular flexibility index (Phi) is 5.45. The molecule has 1 aliphatic rings. The number of rotatable bonds is 7. The van der Waals surface area contributed by atoms with Gasteiger partial charge < -0.3 is 10.2 Å². The minimum Gasteiger partial charge on any atom is -0.367 e. The minimum atomic E-state index is 0.316. The van der Waals surface area contributed by atoms with Crippen LogP contribution in [0.5, 0.6) is 0 Å². The van der Waals surface area contributed by atoms with Crippen LogP contribution in [-0.2, 0) is 0 Å². The molecule has 2 rings (SSSR count). The SMILES string of the molecule is CCNC(C)c1cc(Br)ccc1N(CCC#N)C1CC1. The normalized spacial score (nSPS) is 15.7. The van der Waals surface area contributed by atoms with Crippen molar-refractivity contribution in [1.29, 1.82) is 5.26 Å². The van der Waals surface area contributed by atoms with Gasteiger partial charge in [-0.25, -0.2) is 0 Å². The molecule has 1 N–H and O–H groups in total. The summed E-state index contributed by atoms with van der Waals surface area (Å²) in [6, 6.07) is 9.69. The van der Waals surface area contributed by atoms with Crippen LogP contribution < -0.4 is 10.2 Å². The Bertz CT molecular complexity index is 491. The van der Waals surface area contributed by atoms with Gasteiger partial charge in [0.1, 0.15) is 0 Å². The molecule has 0 aliphatic heterocycles. The maximum atomic E-state index is 8.87. The topological polar surface area (TPSA) is 39.1 Å². The lowest BCUT2D eigenvalue weighted by Gasteiger charge is -2.29. The first-order valence-electron chi connectivity index (χ1n) is 7.33. The minimum absolute atomic E-state index is 0.316. The van der Waals surface area contributed by atoms with Gasteiger partial charge >= 0.3 is 0 Å².